The number of hydrogen-bond donors (Lipinski definition) is 2. The fourth-order valence-electron chi connectivity index (χ4n) is 4.27. The molecule has 2 aliphatic rings. The molecule has 2 aliphatic carbocycles. The lowest BCUT2D eigenvalue weighted by Crippen LogP contribution is -2.38. The fraction of sp³-hybridized carbons (Fsp3) is 0.625. The van der Waals surface area contributed by atoms with Crippen molar-refractivity contribution in [2.75, 3.05) is 0 Å². The van der Waals surface area contributed by atoms with Gasteiger partial charge < -0.3 is 5.32 Å². The average Bonchev–Trinajstić information content (AvgIpc) is 3.15. The second-order valence-corrected chi connectivity index (χ2v) is 6.82. The highest BCUT2D eigenvalue weighted by Gasteiger charge is 2.39. The van der Waals surface area contributed by atoms with Gasteiger partial charge in [-0.05, 0) is 38.0 Å². The summed E-state index contributed by atoms with van der Waals surface area (Å²) < 4.78 is 1.28. The van der Waals surface area contributed by atoms with Crippen LogP contribution in [0, 0.1) is 18.8 Å². The molecule has 2 aromatic heterocycles. The van der Waals surface area contributed by atoms with Crippen LogP contribution in [-0.4, -0.2) is 31.5 Å². The van der Waals surface area contributed by atoms with Crippen LogP contribution >= 0.6 is 0 Å². The lowest BCUT2D eigenvalue weighted by atomic mass is 9.97. The number of aromatic amines is 1. The maximum atomic E-state index is 12.3. The van der Waals surface area contributed by atoms with E-state index < -0.39 is 0 Å². The van der Waals surface area contributed by atoms with Crippen molar-refractivity contribution in [1.29, 1.82) is 0 Å². The van der Waals surface area contributed by atoms with Crippen molar-refractivity contribution in [3.63, 3.8) is 0 Å². The number of fused-ring (bicyclic) bond motifs is 2. The molecule has 2 saturated carbocycles. The van der Waals surface area contributed by atoms with Crippen LogP contribution in [0.15, 0.2) is 10.9 Å². The maximum absolute atomic E-state index is 12.3. The van der Waals surface area contributed by atoms with E-state index in [9.17, 15) is 9.59 Å². The number of hydrogen-bond acceptors (Lipinski definition) is 4. The molecule has 0 saturated heterocycles. The molecule has 7 nitrogen and oxygen atoms in total. The Hall–Kier alpha value is -2.18. The lowest BCUT2D eigenvalue weighted by molar-refractivity contribution is -0.121. The highest BCUT2D eigenvalue weighted by Crippen LogP contribution is 2.43. The second kappa shape index (κ2) is 5.47. The molecule has 0 aliphatic heterocycles. The maximum Gasteiger partial charge on any atom is 0.274 e. The van der Waals surface area contributed by atoms with Gasteiger partial charge in [0.15, 0.2) is 0 Å². The van der Waals surface area contributed by atoms with Gasteiger partial charge in [0.2, 0.25) is 5.91 Å². The Bertz CT molecular complexity index is 808. The molecular formula is C16H21N5O2. The molecule has 2 fully saturated rings. The number of rotatable bonds is 3. The Kier molecular flexibility index (Phi) is 3.43. The van der Waals surface area contributed by atoms with Crippen molar-refractivity contribution in [3.8, 4) is 0 Å². The minimum Gasteiger partial charge on any atom is -0.353 e. The molecule has 4 rings (SSSR count). The second-order valence-electron chi connectivity index (χ2n) is 6.82. The fourth-order valence-corrected chi connectivity index (χ4v) is 4.27. The number of aryl methyl sites for hydroxylation is 1. The van der Waals surface area contributed by atoms with E-state index >= 15 is 0 Å². The molecule has 2 aromatic rings. The highest BCUT2D eigenvalue weighted by atomic mass is 16.2. The first-order valence-electron chi connectivity index (χ1n) is 8.35. The summed E-state index contributed by atoms with van der Waals surface area (Å²) in [7, 11) is 0. The van der Waals surface area contributed by atoms with Crippen LogP contribution in [0.4, 0.5) is 0 Å². The van der Waals surface area contributed by atoms with Gasteiger partial charge in [-0.3, -0.25) is 14.7 Å². The van der Waals surface area contributed by atoms with Crippen molar-refractivity contribution < 1.29 is 4.79 Å². The van der Waals surface area contributed by atoms with Gasteiger partial charge in [0, 0.05) is 17.8 Å². The molecule has 1 amide bonds. The van der Waals surface area contributed by atoms with Gasteiger partial charge in [0.1, 0.15) is 5.82 Å². The van der Waals surface area contributed by atoms with Gasteiger partial charge in [-0.25, -0.2) is 4.98 Å². The third-order valence-corrected chi connectivity index (χ3v) is 5.26. The largest absolute Gasteiger partial charge is 0.353 e. The Labute approximate surface area is 133 Å². The van der Waals surface area contributed by atoms with E-state index in [4.69, 9.17) is 0 Å². The van der Waals surface area contributed by atoms with Gasteiger partial charge in [-0.1, -0.05) is 12.8 Å². The number of H-pyrrole nitrogens is 1. The van der Waals surface area contributed by atoms with Gasteiger partial charge in [0.25, 0.3) is 11.3 Å². The van der Waals surface area contributed by atoms with Gasteiger partial charge in [-0.2, -0.15) is 9.50 Å². The Morgan fingerprint density at radius 3 is 3.09 bits per heavy atom. The Balaban J connectivity index is 1.46. The zero-order valence-corrected chi connectivity index (χ0v) is 13.2. The lowest BCUT2D eigenvalue weighted by Gasteiger charge is -2.19. The first-order chi connectivity index (χ1) is 11.1. The summed E-state index contributed by atoms with van der Waals surface area (Å²) >= 11 is 0. The van der Waals surface area contributed by atoms with E-state index in [2.05, 4.69) is 20.4 Å². The Morgan fingerprint density at radius 2 is 2.22 bits per heavy atom. The summed E-state index contributed by atoms with van der Waals surface area (Å²) in [5, 5.41) is 6.03. The molecule has 0 spiro atoms. The van der Waals surface area contributed by atoms with Gasteiger partial charge in [-0.15, -0.1) is 0 Å². The monoisotopic (exact) mass is 315 g/mol. The third-order valence-electron chi connectivity index (χ3n) is 5.26. The topological polar surface area (TPSA) is 92.1 Å². The summed E-state index contributed by atoms with van der Waals surface area (Å²) in [5.41, 5.74) is 0.409. The zero-order chi connectivity index (χ0) is 16.0. The van der Waals surface area contributed by atoms with Crippen molar-refractivity contribution in [2.45, 2.75) is 51.5 Å². The number of aromatic nitrogens is 4. The molecule has 7 heteroatoms. The van der Waals surface area contributed by atoms with Crippen LogP contribution in [0.25, 0.3) is 5.78 Å². The molecule has 23 heavy (non-hydrogen) atoms. The predicted molar refractivity (Wildman–Crippen MR) is 84.0 cm³/mol. The van der Waals surface area contributed by atoms with E-state index in [1.54, 1.807) is 6.92 Å². The van der Waals surface area contributed by atoms with Gasteiger partial charge in [0.05, 0.1) is 6.42 Å². The SMILES string of the molecule is Cc1cc(=O)n2[nH]c(CC(=O)N[C@@H]3CC[C@H]4CCC[C@H]43)nc2n1. The minimum atomic E-state index is -0.212. The van der Waals surface area contributed by atoms with Crippen LogP contribution in [0.2, 0.25) is 0 Å². The smallest absolute Gasteiger partial charge is 0.274 e. The number of nitrogens with zero attached hydrogens (tertiary/aromatic N) is 3. The predicted octanol–water partition coefficient (Wildman–Crippen LogP) is 0.963. The summed E-state index contributed by atoms with van der Waals surface area (Å²) in [4.78, 5) is 32.6. The quantitative estimate of drug-likeness (QED) is 0.882. The number of nitrogens with one attached hydrogen (secondary N) is 2. The molecule has 0 bridgehead atoms. The summed E-state index contributed by atoms with van der Waals surface area (Å²) in [5.74, 6) is 2.21. The molecule has 3 atom stereocenters. The van der Waals surface area contributed by atoms with Crippen LogP contribution < -0.4 is 10.9 Å². The molecule has 122 valence electrons. The normalized spacial score (nSPS) is 26.6. The first-order valence-corrected chi connectivity index (χ1v) is 8.35. The molecule has 0 unspecified atom stereocenters. The van der Waals surface area contributed by atoms with E-state index in [0.29, 0.717) is 29.3 Å². The molecular weight excluding hydrogens is 294 g/mol. The van der Waals surface area contributed by atoms with E-state index in [1.165, 1.54) is 36.3 Å². The Morgan fingerprint density at radius 1 is 1.35 bits per heavy atom. The molecule has 2 N–H and O–H groups in total. The van der Waals surface area contributed by atoms with Gasteiger partial charge >= 0.3 is 0 Å². The van der Waals surface area contributed by atoms with E-state index in [-0.39, 0.29) is 17.9 Å². The molecule has 0 aromatic carbocycles. The average molecular weight is 315 g/mol. The third kappa shape index (κ3) is 2.64. The number of amides is 1. The van der Waals surface area contributed by atoms with E-state index in [1.807, 2.05) is 0 Å². The van der Waals surface area contributed by atoms with Crippen molar-refractivity contribution in [1.82, 2.24) is 24.9 Å². The summed E-state index contributed by atoms with van der Waals surface area (Å²) in [6.07, 6.45) is 6.31. The molecule has 2 heterocycles. The van der Waals surface area contributed by atoms with Crippen LogP contribution in [0.5, 0.6) is 0 Å². The van der Waals surface area contributed by atoms with Crippen LogP contribution in [-0.2, 0) is 11.2 Å². The van der Waals surface area contributed by atoms with Crippen LogP contribution in [0.1, 0.15) is 43.6 Å². The first kappa shape index (κ1) is 14.4. The van der Waals surface area contributed by atoms with Crippen LogP contribution in [0.3, 0.4) is 0 Å². The molecule has 0 radical (unpaired) electrons. The summed E-state index contributed by atoms with van der Waals surface area (Å²) in [6, 6.07) is 1.75. The standard InChI is InChI=1S/C16H21N5O2/c1-9-7-15(23)21-16(17-9)19-13(20-21)8-14(22)18-12-6-5-10-3-2-4-11(10)12/h7,10-12H,2-6,8H2,1H3,(H,18,22)(H,17,19,20)/t10-,11-,12-/m1/s1. The number of carbonyl (C=O) groups excluding carboxylic acids is 1. The van der Waals surface area contributed by atoms with Crippen molar-refractivity contribution in [3.05, 3.63) is 27.9 Å². The highest BCUT2D eigenvalue weighted by molar-refractivity contribution is 5.78. The summed E-state index contributed by atoms with van der Waals surface area (Å²) in [6.45, 7) is 1.75. The van der Waals surface area contributed by atoms with E-state index in [0.717, 1.165) is 12.3 Å². The zero-order valence-electron chi connectivity index (χ0n) is 13.2. The number of carbonyl (C=O) groups is 1. The van der Waals surface area contributed by atoms with Crippen molar-refractivity contribution >= 4 is 11.7 Å². The minimum absolute atomic E-state index is 0.0358. The van der Waals surface area contributed by atoms with Crippen molar-refractivity contribution in [2.24, 2.45) is 11.8 Å².